The minimum atomic E-state index is -2.08. The smallest absolute Gasteiger partial charge is 0.104 e. The highest BCUT2D eigenvalue weighted by Crippen LogP contribution is 2.52. The van der Waals surface area contributed by atoms with E-state index < -0.39 is 17.0 Å². The van der Waals surface area contributed by atoms with Gasteiger partial charge in [0.15, 0.2) is 0 Å². The van der Waals surface area contributed by atoms with Crippen LogP contribution in [-0.2, 0) is 31.0 Å². The van der Waals surface area contributed by atoms with Gasteiger partial charge in [-0.3, -0.25) is 16.8 Å². The van der Waals surface area contributed by atoms with Crippen molar-refractivity contribution in [3.63, 3.8) is 0 Å². The van der Waals surface area contributed by atoms with E-state index in [-0.39, 0.29) is 26.4 Å². The van der Waals surface area contributed by atoms with E-state index in [1.54, 1.807) is 0 Å². The monoisotopic (exact) mass is 767 g/mol. The zero-order chi connectivity index (χ0) is 38.0. The van der Waals surface area contributed by atoms with Gasteiger partial charge in [0.25, 0.3) is 0 Å². The Morgan fingerprint density at radius 2 is 1.06 bits per heavy atom. The number of rotatable bonds is 36. The molecule has 0 radical (unpaired) electrons. The first-order valence-corrected chi connectivity index (χ1v) is 21.8. The number of aliphatic hydroxyl groups excluding tert-OH is 2. The Balaban J connectivity index is -0.00000341. The number of nitrogens with zero attached hydrogens (tertiary/aromatic N) is 1. The van der Waals surface area contributed by atoms with Gasteiger partial charge in [0, 0.05) is 6.42 Å². The van der Waals surface area contributed by atoms with Crippen molar-refractivity contribution in [2.24, 2.45) is 0 Å². The molecule has 0 saturated heterocycles. The first-order chi connectivity index (χ1) is 24.2. The Morgan fingerprint density at radius 1 is 0.600 bits per heavy atom. The number of ether oxygens (including phenoxy) is 3. The average molecular weight is 768 g/mol. The summed E-state index contributed by atoms with van der Waals surface area (Å²) in [5, 5.41) is 18.1. The molecule has 12 heteroatoms. The van der Waals surface area contributed by atoms with Crippen molar-refractivity contribution in [3.05, 3.63) is 0 Å². The van der Waals surface area contributed by atoms with Crippen LogP contribution in [0.4, 0.5) is 0 Å². The largest absolute Gasteiger partial charge is 0.394 e. The van der Waals surface area contributed by atoms with Crippen LogP contribution in [-0.4, -0.2) is 127 Å². The quantitative estimate of drug-likeness (QED) is 0.0477. The zero-order valence-corrected chi connectivity index (χ0v) is 35.6. The zero-order valence-electron chi connectivity index (χ0n) is 34.1. The molecule has 0 rings (SSSR count). The van der Waals surface area contributed by atoms with Gasteiger partial charge >= 0.3 is 0 Å². The van der Waals surface area contributed by atoms with E-state index in [0.29, 0.717) is 39.6 Å². The van der Waals surface area contributed by atoms with Crippen LogP contribution in [0, 0.1) is 0 Å². The number of unbranched alkanes of at least 4 members (excludes halogenated alkanes) is 13. The minimum absolute atomic E-state index is 0.0509. The Bertz CT molecular complexity index is 619. The lowest BCUT2D eigenvalue weighted by molar-refractivity contribution is -0.890. The van der Waals surface area contributed by atoms with Crippen molar-refractivity contribution in [3.8, 4) is 0 Å². The summed E-state index contributed by atoms with van der Waals surface area (Å²) >= 11 is 4.50. The highest BCUT2D eigenvalue weighted by molar-refractivity contribution is 8.21. The summed E-state index contributed by atoms with van der Waals surface area (Å²) in [7, 11) is 3.97. The fraction of sp³-hybridized carbons (Fsp3) is 1.00. The molecule has 0 aliphatic rings. The molecule has 0 aromatic carbocycles. The molecule has 0 aliphatic heterocycles. The lowest BCUT2D eigenvalue weighted by Gasteiger charge is -2.38. The topological polar surface area (TPSA) is 105 Å². The van der Waals surface area contributed by atoms with Gasteiger partial charge in [-0.2, -0.15) is 0 Å². The number of halogens is 1. The molecular weight excluding hydrogens is 682 g/mol. The third-order valence-corrected chi connectivity index (χ3v) is 10.2. The molecule has 2 N–H and O–H groups in total. The molecule has 50 heavy (non-hydrogen) atoms. The summed E-state index contributed by atoms with van der Waals surface area (Å²) in [5.41, 5.74) is 0. The van der Waals surface area contributed by atoms with Crippen LogP contribution in [0.5, 0.6) is 0 Å². The van der Waals surface area contributed by atoms with E-state index in [4.69, 9.17) is 31.9 Å². The highest BCUT2D eigenvalue weighted by atomic mass is 35.5. The third-order valence-electron chi connectivity index (χ3n) is 7.68. The Labute approximate surface area is 317 Å². The molecule has 0 aromatic heterocycles. The molecule has 1 atom stereocenters. The second kappa shape index (κ2) is 43.6. The van der Waals surface area contributed by atoms with Crippen LogP contribution in [0.3, 0.4) is 0 Å². The molecule has 0 saturated carbocycles. The fourth-order valence-corrected chi connectivity index (χ4v) is 7.26. The van der Waals surface area contributed by atoms with E-state index in [0.717, 1.165) is 23.2 Å². The molecule has 0 bridgehead atoms. The summed E-state index contributed by atoms with van der Waals surface area (Å²) in [4.78, 5) is 0. The molecule has 0 aliphatic carbocycles. The maximum absolute atomic E-state index is 9.35. The summed E-state index contributed by atoms with van der Waals surface area (Å²) in [5.74, 6) is 0.754. The molecule has 1 unspecified atom stereocenters. The van der Waals surface area contributed by atoms with Gasteiger partial charge in [-0.15, -0.1) is 0 Å². The van der Waals surface area contributed by atoms with Crippen molar-refractivity contribution in [2.45, 2.75) is 143 Å². The number of aliphatic hydroxyl groups is 2. The summed E-state index contributed by atoms with van der Waals surface area (Å²) in [6.45, 7) is 15.7. The van der Waals surface area contributed by atoms with Gasteiger partial charge in [0.2, 0.25) is 0 Å². The Hall–Kier alpha value is 0.240. The Morgan fingerprint density at radius 3 is 1.52 bits per heavy atom. The summed E-state index contributed by atoms with van der Waals surface area (Å²) in [6, 6.07) is 0. The molecule has 0 heterocycles. The molecular formula is C38H85ClNO9S+. The van der Waals surface area contributed by atoms with Gasteiger partial charge in [-0.25, -0.2) is 0 Å². The molecule has 0 spiro atoms. The second-order valence-electron chi connectivity index (χ2n) is 13.2. The van der Waals surface area contributed by atoms with Crippen LogP contribution >= 0.6 is 22.7 Å². The highest BCUT2D eigenvalue weighted by Gasteiger charge is 2.28. The standard InChI is InChI=1S/C34H74NO8S.C3H8.CH3ClO/c1-6-9-10-11-12-13-14-15-16-17-18-19-20-21-23-35(4,5)24-22-31-44(41-7-2,42-8-3)43-30-28-38-27-29-40-34(32-37)33-39-26-25-36;2*1-3-2/h34,36-37H,6-33H2,1-5H3;3H2,1-2H3;1H3/q+1;;. The van der Waals surface area contributed by atoms with Gasteiger partial charge in [-0.1, -0.05) is 104 Å². The molecule has 10 nitrogen and oxygen atoms in total. The lowest BCUT2D eigenvalue weighted by atomic mass is 10.0. The van der Waals surface area contributed by atoms with Gasteiger partial charge in [0.1, 0.15) is 6.10 Å². The van der Waals surface area contributed by atoms with Crippen LogP contribution in [0.25, 0.3) is 0 Å². The maximum atomic E-state index is 9.35. The van der Waals surface area contributed by atoms with Crippen molar-refractivity contribution in [1.82, 2.24) is 0 Å². The molecule has 308 valence electrons. The number of hydrogen-bond donors (Lipinski definition) is 2. The first-order valence-electron chi connectivity index (χ1n) is 19.9. The second-order valence-corrected chi connectivity index (χ2v) is 15.7. The van der Waals surface area contributed by atoms with Crippen molar-refractivity contribution < 1.29 is 45.7 Å². The fourth-order valence-electron chi connectivity index (χ4n) is 5.18. The summed E-state index contributed by atoms with van der Waals surface area (Å²) in [6.07, 6.45) is 21.3. The first kappa shape index (κ1) is 54.6. The predicted molar refractivity (Wildman–Crippen MR) is 213 cm³/mol. The van der Waals surface area contributed by atoms with Crippen LogP contribution in [0.15, 0.2) is 0 Å². The molecule has 0 aromatic rings. The van der Waals surface area contributed by atoms with E-state index >= 15 is 0 Å². The molecule has 0 fully saturated rings. The van der Waals surface area contributed by atoms with E-state index in [1.165, 1.54) is 110 Å². The van der Waals surface area contributed by atoms with Crippen LogP contribution in [0.1, 0.15) is 137 Å². The van der Waals surface area contributed by atoms with Gasteiger partial charge in [0.05, 0.1) is 129 Å². The third kappa shape index (κ3) is 41.0. The van der Waals surface area contributed by atoms with Crippen LogP contribution < -0.4 is 0 Å². The van der Waals surface area contributed by atoms with Gasteiger partial charge < -0.3 is 28.9 Å². The van der Waals surface area contributed by atoms with Crippen molar-refractivity contribution in [1.29, 1.82) is 0 Å². The Kier molecular flexibility index (Phi) is 47.6. The normalized spacial score (nSPS) is 12.6. The summed E-state index contributed by atoms with van der Waals surface area (Å²) < 4.78 is 39.5. The minimum Gasteiger partial charge on any atom is -0.394 e. The SMILES string of the molecule is CCC.CCCCCCCCCCCCCCCC[N+](C)(C)CCCS(OCC)(OCC)OCCOCCOC(CO)COCCO.COCl. The predicted octanol–water partition coefficient (Wildman–Crippen LogP) is 9.18. The van der Waals surface area contributed by atoms with E-state index in [2.05, 4.69) is 51.0 Å². The van der Waals surface area contributed by atoms with E-state index in [1.807, 2.05) is 13.8 Å². The number of quaternary nitrogens is 1. The lowest BCUT2D eigenvalue weighted by Crippen LogP contribution is -2.41. The van der Waals surface area contributed by atoms with Crippen molar-refractivity contribution in [2.75, 3.05) is 106 Å². The van der Waals surface area contributed by atoms with E-state index in [9.17, 15) is 5.11 Å². The average Bonchev–Trinajstić information content (AvgIpc) is 3.08. The number of hydrogen-bond acceptors (Lipinski definition) is 9. The van der Waals surface area contributed by atoms with Crippen molar-refractivity contribution >= 4 is 22.7 Å². The molecule has 0 amide bonds. The van der Waals surface area contributed by atoms with Gasteiger partial charge in [-0.05, 0) is 26.7 Å². The maximum Gasteiger partial charge on any atom is 0.104 e. The van der Waals surface area contributed by atoms with Crippen LogP contribution in [0.2, 0.25) is 0 Å².